The molecule has 0 atom stereocenters. The minimum Gasteiger partial charge on any atom is -0.327 e. The average Bonchev–Trinajstić information content (AvgIpc) is 2.66. The fourth-order valence-corrected chi connectivity index (χ4v) is 3.09. The molecule has 1 aliphatic rings. The van der Waals surface area contributed by atoms with Gasteiger partial charge in [-0.2, -0.15) is 0 Å². The zero-order valence-corrected chi connectivity index (χ0v) is 11.9. The quantitative estimate of drug-likeness (QED) is 0.770. The summed E-state index contributed by atoms with van der Waals surface area (Å²) in [5.74, 6) is 1.32. The molecule has 0 radical (unpaired) electrons. The molecule has 1 aliphatic carbocycles. The minimum absolute atomic E-state index is 0.204. The van der Waals surface area contributed by atoms with E-state index in [0.29, 0.717) is 11.3 Å². The number of hydrogen-bond donors (Lipinski definition) is 0. The molecule has 2 aromatic rings. The van der Waals surface area contributed by atoms with E-state index in [-0.39, 0.29) is 5.82 Å². The normalized spacial score (nSPS) is 17.6. The Kier molecular flexibility index (Phi) is 3.25. The Balaban J connectivity index is 2.06. The molecule has 0 aliphatic heterocycles. The molecule has 0 bridgehead atoms. The molecule has 2 nitrogen and oxygen atoms in total. The van der Waals surface area contributed by atoms with Crippen LogP contribution in [-0.4, -0.2) is 15.4 Å². The second-order valence-electron chi connectivity index (χ2n) is 5.85. The van der Waals surface area contributed by atoms with Crippen LogP contribution in [0.3, 0.4) is 0 Å². The summed E-state index contributed by atoms with van der Waals surface area (Å²) >= 11 is 5.86. The van der Waals surface area contributed by atoms with E-state index >= 15 is 0 Å². The number of benzene rings is 1. The smallest absolute Gasteiger partial charge is 0.125 e. The maximum absolute atomic E-state index is 13.5. The Morgan fingerprint density at radius 2 is 2.21 bits per heavy atom. The summed E-state index contributed by atoms with van der Waals surface area (Å²) in [6.45, 7) is 3.21. The largest absolute Gasteiger partial charge is 0.327 e. The summed E-state index contributed by atoms with van der Waals surface area (Å²) < 4.78 is 15.6. The second-order valence-corrected chi connectivity index (χ2v) is 6.23. The Morgan fingerprint density at radius 3 is 2.84 bits per heavy atom. The van der Waals surface area contributed by atoms with Crippen molar-refractivity contribution in [1.82, 2.24) is 9.55 Å². The Labute approximate surface area is 117 Å². The molecule has 102 valence electrons. The number of rotatable bonds is 4. The highest BCUT2D eigenvalue weighted by Crippen LogP contribution is 2.42. The van der Waals surface area contributed by atoms with Crippen LogP contribution in [0, 0.1) is 11.2 Å². The lowest BCUT2D eigenvalue weighted by Crippen LogP contribution is -2.31. The van der Waals surface area contributed by atoms with Gasteiger partial charge in [0, 0.05) is 18.8 Å². The number of nitrogens with zero attached hydrogens (tertiary/aromatic N) is 2. The van der Waals surface area contributed by atoms with Crippen molar-refractivity contribution in [2.75, 3.05) is 5.88 Å². The molecule has 1 aromatic heterocycles. The van der Waals surface area contributed by atoms with E-state index in [0.717, 1.165) is 29.8 Å². The molecule has 0 spiro atoms. The van der Waals surface area contributed by atoms with E-state index < -0.39 is 0 Å². The molecule has 1 aromatic carbocycles. The summed E-state index contributed by atoms with van der Waals surface area (Å²) in [4.78, 5) is 4.60. The lowest BCUT2D eigenvalue weighted by atomic mass is 9.70. The van der Waals surface area contributed by atoms with Crippen molar-refractivity contribution in [2.24, 2.45) is 5.41 Å². The van der Waals surface area contributed by atoms with Gasteiger partial charge in [0.05, 0.1) is 11.0 Å². The van der Waals surface area contributed by atoms with Gasteiger partial charge in [-0.3, -0.25) is 0 Å². The molecule has 0 saturated heterocycles. The third-order valence-corrected chi connectivity index (χ3v) is 4.40. The maximum Gasteiger partial charge on any atom is 0.125 e. The van der Waals surface area contributed by atoms with Crippen molar-refractivity contribution < 1.29 is 4.39 Å². The van der Waals surface area contributed by atoms with Gasteiger partial charge in [0.25, 0.3) is 0 Å². The van der Waals surface area contributed by atoms with E-state index in [1.54, 1.807) is 12.1 Å². The minimum atomic E-state index is -0.204. The van der Waals surface area contributed by atoms with Crippen LogP contribution in [0.5, 0.6) is 0 Å². The molecule has 0 amide bonds. The molecule has 1 saturated carbocycles. The van der Waals surface area contributed by atoms with E-state index in [2.05, 4.69) is 16.5 Å². The molecule has 1 fully saturated rings. The third-order valence-electron chi connectivity index (χ3n) is 4.21. The third kappa shape index (κ3) is 2.36. The molecule has 19 heavy (non-hydrogen) atoms. The fraction of sp³-hybridized carbons (Fsp3) is 0.533. The monoisotopic (exact) mass is 280 g/mol. The number of hydrogen-bond acceptors (Lipinski definition) is 1. The SMILES string of the molecule is CC1(Cn2c(CCCl)nc3ccc(F)cc32)CCC1. The highest BCUT2D eigenvalue weighted by Gasteiger charge is 2.33. The van der Waals surface area contributed by atoms with Gasteiger partial charge in [0.15, 0.2) is 0 Å². The Hall–Kier alpha value is -1.09. The number of aryl methyl sites for hydroxylation is 1. The van der Waals surface area contributed by atoms with Gasteiger partial charge in [-0.05, 0) is 36.5 Å². The van der Waals surface area contributed by atoms with Crippen LogP contribution in [0.25, 0.3) is 11.0 Å². The fourth-order valence-electron chi connectivity index (χ4n) is 2.92. The van der Waals surface area contributed by atoms with Crippen LogP contribution in [0.15, 0.2) is 18.2 Å². The van der Waals surface area contributed by atoms with Crippen LogP contribution in [0.2, 0.25) is 0 Å². The first-order chi connectivity index (χ1) is 9.11. The summed E-state index contributed by atoms with van der Waals surface area (Å²) in [6, 6.07) is 4.80. The number of fused-ring (bicyclic) bond motifs is 1. The lowest BCUT2D eigenvalue weighted by molar-refractivity contribution is 0.132. The first-order valence-corrected chi connectivity index (χ1v) is 7.35. The van der Waals surface area contributed by atoms with Gasteiger partial charge in [0.1, 0.15) is 11.6 Å². The van der Waals surface area contributed by atoms with Crippen molar-refractivity contribution in [3.8, 4) is 0 Å². The van der Waals surface area contributed by atoms with Gasteiger partial charge in [0.2, 0.25) is 0 Å². The van der Waals surface area contributed by atoms with E-state index in [1.165, 1.54) is 25.3 Å². The summed E-state index contributed by atoms with van der Waals surface area (Å²) in [7, 11) is 0. The van der Waals surface area contributed by atoms with Crippen molar-refractivity contribution in [3.63, 3.8) is 0 Å². The van der Waals surface area contributed by atoms with Crippen molar-refractivity contribution in [2.45, 2.75) is 39.2 Å². The van der Waals surface area contributed by atoms with Crippen molar-refractivity contribution >= 4 is 22.6 Å². The molecule has 4 heteroatoms. The topological polar surface area (TPSA) is 17.8 Å². The van der Waals surface area contributed by atoms with E-state index in [1.807, 2.05) is 0 Å². The second kappa shape index (κ2) is 4.78. The molecule has 0 N–H and O–H groups in total. The summed E-state index contributed by atoms with van der Waals surface area (Å²) in [6.07, 6.45) is 4.50. The standard InChI is InChI=1S/C15H18ClFN2/c1-15(6-2-7-15)10-19-13-9-11(17)3-4-12(13)18-14(19)5-8-16/h3-4,9H,2,5-8,10H2,1H3. The predicted molar refractivity (Wildman–Crippen MR) is 76.1 cm³/mol. The van der Waals surface area contributed by atoms with Crippen LogP contribution < -0.4 is 0 Å². The summed E-state index contributed by atoms with van der Waals surface area (Å²) in [5, 5.41) is 0. The van der Waals surface area contributed by atoms with Gasteiger partial charge in [-0.25, -0.2) is 9.37 Å². The molecular formula is C15H18ClFN2. The zero-order chi connectivity index (χ0) is 13.5. The van der Waals surface area contributed by atoms with E-state index in [9.17, 15) is 4.39 Å². The average molecular weight is 281 g/mol. The highest BCUT2D eigenvalue weighted by molar-refractivity contribution is 6.17. The first-order valence-electron chi connectivity index (χ1n) is 6.82. The van der Waals surface area contributed by atoms with Crippen molar-refractivity contribution in [1.29, 1.82) is 0 Å². The molecule has 1 heterocycles. The Morgan fingerprint density at radius 1 is 1.42 bits per heavy atom. The number of alkyl halides is 1. The Bertz CT molecular complexity index is 601. The van der Waals surface area contributed by atoms with Crippen molar-refractivity contribution in [3.05, 3.63) is 29.8 Å². The zero-order valence-electron chi connectivity index (χ0n) is 11.1. The molecule has 0 unspecified atom stereocenters. The van der Waals surface area contributed by atoms with Crippen LogP contribution >= 0.6 is 11.6 Å². The van der Waals surface area contributed by atoms with Gasteiger partial charge in [-0.1, -0.05) is 13.3 Å². The maximum atomic E-state index is 13.5. The van der Waals surface area contributed by atoms with Gasteiger partial charge in [-0.15, -0.1) is 11.6 Å². The number of aromatic nitrogens is 2. The number of imidazole rings is 1. The number of halogens is 2. The molecule has 3 rings (SSSR count). The molecular weight excluding hydrogens is 263 g/mol. The van der Waals surface area contributed by atoms with E-state index in [4.69, 9.17) is 11.6 Å². The van der Waals surface area contributed by atoms with Gasteiger partial charge < -0.3 is 4.57 Å². The summed E-state index contributed by atoms with van der Waals surface area (Å²) in [5.41, 5.74) is 2.10. The lowest BCUT2D eigenvalue weighted by Gasteiger charge is -2.39. The van der Waals surface area contributed by atoms with Crippen LogP contribution in [0.4, 0.5) is 4.39 Å². The van der Waals surface area contributed by atoms with Crippen LogP contribution in [-0.2, 0) is 13.0 Å². The first kappa shape index (κ1) is 12.9. The van der Waals surface area contributed by atoms with Crippen LogP contribution in [0.1, 0.15) is 32.0 Å². The highest BCUT2D eigenvalue weighted by atomic mass is 35.5. The predicted octanol–water partition coefficient (Wildman–Crippen LogP) is 4.15. The van der Waals surface area contributed by atoms with Gasteiger partial charge >= 0.3 is 0 Å².